The molecule has 3 atom stereocenters. The van der Waals surface area contributed by atoms with Crippen molar-refractivity contribution in [1.29, 1.82) is 0 Å². The number of hydrazine groups is 1. The molecular weight excluding hydrogens is 518 g/mol. The number of nitrogens with zero attached hydrogens (tertiary/aromatic N) is 2. The van der Waals surface area contributed by atoms with E-state index >= 15 is 0 Å². The number of aryl methyl sites for hydroxylation is 1. The monoisotopic (exact) mass is 547 g/mol. The second-order valence-electron chi connectivity index (χ2n) is 9.61. The summed E-state index contributed by atoms with van der Waals surface area (Å²) in [5.41, 5.74) is 12.0. The maximum Gasteiger partial charge on any atom is 0.270 e. The second-order valence-corrected chi connectivity index (χ2v) is 9.61. The van der Waals surface area contributed by atoms with Gasteiger partial charge < -0.3 is 25.8 Å². The molecule has 0 radical (unpaired) electrons. The molecule has 2 aliphatic heterocycles. The van der Waals surface area contributed by atoms with Gasteiger partial charge in [-0.1, -0.05) is 24.3 Å². The number of primary amides is 1. The minimum Gasteiger partial charge on any atom is -0.488 e. The summed E-state index contributed by atoms with van der Waals surface area (Å²) in [6.45, 7) is 3.29. The first-order valence-electron chi connectivity index (χ1n) is 12.8. The molecule has 13 nitrogen and oxygen atoms in total. The molecule has 13 heteroatoms. The number of carbonyl (C=O) groups excluding carboxylic acids is 4. The minimum atomic E-state index is -1.01. The highest BCUT2D eigenvalue weighted by Gasteiger charge is 2.49. The molecule has 3 aromatic rings. The Labute approximate surface area is 229 Å². The molecule has 6 N–H and O–H groups in total. The van der Waals surface area contributed by atoms with Gasteiger partial charge in [0.1, 0.15) is 18.2 Å². The van der Waals surface area contributed by atoms with Crippen LogP contribution in [0.5, 0.6) is 5.75 Å². The van der Waals surface area contributed by atoms with Gasteiger partial charge in [-0.2, -0.15) is 0 Å². The van der Waals surface area contributed by atoms with Crippen molar-refractivity contribution in [2.24, 2.45) is 5.73 Å². The number of benzene rings is 2. The fraction of sp³-hybridized carbons (Fsp3) is 0.333. The molecular formula is C27H29N7O6. The Kier molecular flexibility index (Phi) is 7.84. The Morgan fingerprint density at radius 3 is 2.62 bits per heavy atom. The van der Waals surface area contributed by atoms with Crippen molar-refractivity contribution < 1.29 is 28.7 Å². The van der Waals surface area contributed by atoms with Crippen LogP contribution in [0.15, 0.2) is 48.8 Å². The minimum absolute atomic E-state index is 0.0204. The van der Waals surface area contributed by atoms with Gasteiger partial charge >= 0.3 is 0 Å². The molecule has 0 aliphatic carbocycles. The molecule has 3 heterocycles. The summed E-state index contributed by atoms with van der Waals surface area (Å²) in [7, 11) is 0. The standard InChI is InChI=1S/C27H29N7O6/c1-14(22-18-4-2-3-5-20(18)30-13-31-22)32-26(37)19-10-16(39-17-11-29-12-17)8-6-15(19)7-9-21(35)33-34-27(38)24-23(40-24)25(28)36/h2-6,8,10,13-14,17,23-24,29H,7,9,11-12H2,1H3,(H2,28,36)(H,32,37)(H,33,35)(H,34,38)/t14-,23?,24?/m1/s1. The average molecular weight is 548 g/mol. The Morgan fingerprint density at radius 2 is 1.90 bits per heavy atom. The fourth-order valence-electron chi connectivity index (χ4n) is 4.35. The lowest BCUT2D eigenvalue weighted by Gasteiger charge is -2.28. The number of fused-ring (bicyclic) bond motifs is 1. The molecule has 40 heavy (non-hydrogen) atoms. The number of amides is 4. The third kappa shape index (κ3) is 6.16. The van der Waals surface area contributed by atoms with Crippen molar-refractivity contribution >= 4 is 34.5 Å². The molecule has 2 fully saturated rings. The maximum atomic E-state index is 13.5. The third-order valence-corrected chi connectivity index (χ3v) is 6.68. The number of nitrogens with one attached hydrogen (secondary N) is 4. The van der Waals surface area contributed by atoms with Gasteiger partial charge in [0.2, 0.25) is 11.8 Å². The second kappa shape index (κ2) is 11.6. The summed E-state index contributed by atoms with van der Waals surface area (Å²) in [6, 6.07) is 12.3. The molecule has 1 aromatic heterocycles. The SMILES string of the molecule is C[C@@H](NC(=O)c1cc(OC2CNC2)ccc1CCC(=O)NNC(=O)C1OC1C(N)=O)c1ncnc2ccccc12. The third-order valence-electron chi connectivity index (χ3n) is 6.68. The first-order valence-corrected chi connectivity index (χ1v) is 12.8. The Morgan fingerprint density at radius 1 is 1.10 bits per heavy atom. The number of rotatable bonds is 10. The van der Waals surface area contributed by atoms with Crippen molar-refractivity contribution in [1.82, 2.24) is 31.5 Å². The lowest BCUT2D eigenvalue weighted by Crippen LogP contribution is -2.50. The van der Waals surface area contributed by atoms with Crippen LogP contribution < -0.4 is 32.0 Å². The van der Waals surface area contributed by atoms with Gasteiger partial charge in [-0.05, 0) is 37.1 Å². The number of epoxide rings is 1. The van der Waals surface area contributed by atoms with E-state index in [1.807, 2.05) is 31.2 Å². The number of hydrogen-bond donors (Lipinski definition) is 5. The summed E-state index contributed by atoms with van der Waals surface area (Å²) >= 11 is 0. The fourth-order valence-corrected chi connectivity index (χ4v) is 4.35. The molecule has 2 aromatic carbocycles. The zero-order chi connectivity index (χ0) is 28.2. The zero-order valence-electron chi connectivity index (χ0n) is 21.7. The molecule has 2 saturated heterocycles. The van der Waals surface area contributed by atoms with Gasteiger partial charge in [0, 0.05) is 30.5 Å². The topological polar surface area (TPSA) is 190 Å². The van der Waals surface area contributed by atoms with E-state index in [2.05, 4.69) is 31.5 Å². The van der Waals surface area contributed by atoms with E-state index in [1.54, 1.807) is 18.2 Å². The largest absolute Gasteiger partial charge is 0.488 e. The number of aromatic nitrogens is 2. The summed E-state index contributed by atoms with van der Waals surface area (Å²) in [6.07, 6.45) is -0.327. The Bertz CT molecular complexity index is 1460. The van der Waals surface area contributed by atoms with Gasteiger partial charge in [-0.3, -0.25) is 30.0 Å². The van der Waals surface area contributed by atoms with Crippen molar-refractivity contribution in [2.45, 2.75) is 44.1 Å². The molecule has 208 valence electrons. The van der Waals surface area contributed by atoms with E-state index < -0.39 is 36.0 Å². The molecule has 2 unspecified atom stereocenters. The average Bonchev–Trinajstić information content (AvgIpc) is 3.74. The van der Waals surface area contributed by atoms with Crippen LogP contribution in [0.2, 0.25) is 0 Å². The van der Waals surface area contributed by atoms with Crippen LogP contribution in [-0.4, -0.2) is 65.0 Å². The first-order chi connectivity index (χ1) is 19.3. The summed E-state index contributed by atoms with van der Waals surface area (Å²) in [4.78, 5) is 57.6. The van der Waals surface area contributed by atoms with Crippen LogP contribution in [0.1, 0.15) is 41.0 Å². The summed E-state index contributed by atoms with van der Waals surface area (Å²) in [5, 5.41) is 6.98. The van der Waals surface area contributed by atoms with E-state index in [-0.39, 0.29) is 24.9 Å². The van der Waals surface area contributed by atoms with E-state index in [4.69, 9.17) is 15.2 Å². The maximum absolute atomic E-state index is 13.5. The van der Waals surface area contributed by atoms with Gasteiger partial charge in [0.25, 0.3) is 11.8 Å². The molecule has 0 saturated carbocycles. The van der Waals surface area contributed by atoms with Gasteiger partial charge in [0.15, 0.2) is 12.2 Å². The number of para-hydroxylation sites is 1. The summed E-state index contributed by atoms with van der Waals surface area (Å²) < 4.78 is 10.8. The molecule has 2 aliphatic rings. The smallest absolute Gasteiger partial charge is 0.270 e. The number of nitrogens with two attached hydrogens (primary N) is 1. The lowest BCUT2D eigenvalue weighted by atomic mass is 10.0. The number of ether oxygens (including phenoxy) is 2. The van der Waals surface area contributed by atoms with Crippen LogP contribution >= 0.6 is 0 Å². The van der Waals surface area contributed by atoms with Crippen LogP contribution in [0, 0.1) is 0 Å². The van der Waals surface area contributed by atoms with E-state index in [1.165, 1.54) is 6.33 Å². The van der Waals surface area contributed by atoms with Crippen LogP contribution in [0.4, 0.5) is 0 Å². The number of hydrogen-bond acceptors (Lipinski definition) is 9. The van der Waals surface area contributed by atoms with Crippen LogP contribution in [0.25, 0.3) is 10.9 Å². The van der Waals surface area contributed by atoms with Gasteiger partial charge in [0.05, 0.1) is 17.3 Å². The van der Waals surface area contributed by atoms with Crippen molar-refractivity contribution in [3.8, 4) is 5.75 Å². The highest BCUT2D eigenvalue weighted by Crippen LogP contribution is 2.24. The molecule has 5 rings (SSSR count). The quantitative estimate of drug-likeness (QED) is 0.169. The Balaban J connectivity index is 1.26. The first kappa shape index (κ1) is 27.0. The lowest BCUT2D eigenvalue weighted by molar-refractivity contribution is -0.129. The van der Waals surface area contributed by atoms with E-state index in [0.29, 0.717) is 22.6 Å². The van der Waals surface area contributed by atoms with Gasteiger partial charge in [-0.15, -0.1) is 0 Å². The Hall–Kier alpha value is -4.62. The van der Waals surface area contributed by atoms with Crippen molar-refractivity contribution in [2.75, 3.05) is 13.1 Å². The molecule has 4 amide bonds. The summed E-state index contributed by atoms with van der Waals surface area (Å²) in [5.74, 6) is -1.71. The van der Waals surface area contributed by atoms with Crippen molar-refractivity contribution in [3.05, 3.63) is 65.6 Å². The predicted molar refractivity (Wildman–Crippen MR) is 142 cm³/mol. The van der Waals surface area contributed by atoms with Crippen LogP contribution in [0.3, 0.4) is 0 Å². The number of carbonyl (C=O) groups is 4. The van der Waals surface area contributed by atoms with Gasteiger partial charge in [-0.25, -0.2) is 9.97 Å². The molecule has 0 bridgehead atoms. The highest BCUT2D eigenvalue weighted by atomic mass is 16.6. The van der Waals surface area contributed by atoms with Crippen molar-refractivity contribution in [3.63, 3.8) is 0 Å². The predicted octanol–water partition coefficient (Wildman–Crippen LogP) is -0.196. The molecule has 0 spiro atoms. The van der Waals surface area contributed by atoms with Crippen LogP contribution in [-0.2, 0) is 25.5 Å². The highest BCUT2D eigenvalue weighted by molar-refractivity contribution is 5.97. The van der Waals surface area contributed by atoms with E-state index in [9.17, 15) is 19.2 Å². The zero-order valence-corrected chi connectivity index (χ0v) is 21.7. The van der Waals surface area contributed by atoms with E-state index in [0.717, 1.165) is 24.0 Å². The normalized spacial score (nSPS) is 18.7.